The number of aromatic nitrogens is 2. The highest BCUT2D eigenvalue weighted by Gasteiger charge is 2.30. The molecule has 1 aromatic heterocycles. The van der Waals surface area contributed by atoms with Crippen molar-refractivity contribution in [1.82, 2.24) is 14.9 Å². The first-order valence-corrected chi connectivity index (χ1v) is 11.6. The Morgan fingerprint density at radius 1 is 1.04 bits per heavy atom. The minimum atomic E-state index is 0.249. The van der Waals surface area contributed by atoms with Gasteiger partial charge in [-0.25, -0.2) is 9.97 Å². The van der Waals surface area contributed by atoms with E-state index in [4.69, 9.17) is 0 Å². The van der Waals surface area contributed by atoms with E-state index in [1.165, 1.54) is 50.9 Å². The summed E-state index contributed by atoms with van der Waals surface area (Å²) in [6.07, 6.45) is 12.2. The number of Topliss-reactive ketones (excluding diaryl/α,β-unsaturated/α-hetero) is 1. The van der Waals surface area contributed by atoms with Crippen LogP contribution in [0.15, 0.2) is 12.4 Å². The molecule has 1 atom stereocenters. The highest BCUT2D eigenvalue weighted by atomic mass is 16.1. The molecule has 1 aromatic rings. The third-order valence-corrected chi connectivity index (χ3v) is 7.13. The molecule has 0 bridgehead atoms. The van der Waals surface area contributed by atoms with E-state index in [1.54, 1.807) is 0 Å². The molecule has 1 saturated carbocycles. The van der Waals surface area contributed by atoms with Crippen LogP contribution in [0.3, 0.4) is 0 Å². The van der Waals surface area contributed by atoms with Crippen molar-refractivity contribution in [3.8, 4) is 0 Å². The molecule has 1 saturated heterocycles. The van der Waals surface area contributed by atoms with Gasteiger partial charge in [0.1, 0.15) is 11.6 Å². The molecule has 0 aromatic carbocycles. The van der Waals surface area contributed by atoms with Crippen molar-refractivity contribution in [2.24, 2.45) is 17.8 Å². The summed E-state index contributed by atoms with van der Waals surface area (Å²) in [7, 11) is 0. The molecule has 2 fully saturated rings. The van der Waals surface area contributed by atoms with Gasteiger partial charge in [0, 0.05) is 36.7 Å². The number of hydrogen-bond acceptors (Lipinski definition) is 4. The summed E-state index contributed by atoms with van der Waals surface area (Å²) < 4.78 is 0. The van der Waals surface area contributed by atoms with E-state index in [-0.39, 0.29) is 5.92 Å². The van der Waals surface area contributed by atoms with Gasteiger partial charge in [-0.05, 0) is 75.4 Å². The molecule has 4 nitrogen and oxygen atoms in total. The summed E-state index contributed by atoms with van der Waals surface area (Å²) in [6.45, 7) is 12.1. The topological polar surface area (TPSA) is 46.1 Å². The van der Waals surface area contributed by atoms with Crippen LogP contribution in [0.2, 0.25) is 0 Å². The number of carbonyl (C=O) groups is 1. The van der Waals surface area contributed by atoms with Gasteiger partial charge in [0.25, 0.3) is 0 Å². The molecule has 1 unspecified atom stereocenters. The van der Waals surface area contributed by atoms with Crippen LogP contribution < -0.4 is 0 Å². The average molecular weight is 386 g/mol. The number of piperidine rings is 1. The Labute approximate surface area is 171 Å². The van der Waals surface area contributed by atoms with Gasteiger partial charge < -0.3 is 4.90 Å². The zero-order chi connectivity index (χ0) is 20.1. The zero-order valence-corrected chi connectivity index (χ0v) is 18.4. The number of ketones is 1. The molecule has 156 valence electrons. The van der Waals surface area contributed by atoms with Gasteiger partial charge in [-0.1, -0.05) is 27.7 Å². The number of rotatable bonds is 7. The van der Waals surface area contributed by atoms with Crippen molar-refractivity contribution in [3.63, 3.8) is 0 Å². The normalized spacial score (nSPS) is 25.8. The first-order chi connectivity index (χ1) is 13.5. The fourth-order valence-electron chi connectivity index (χ4n) is 4.90. The maximum absolute atomic E-state index is 12.4. The lowest BCUT2D eigenvalue weighted by Gasteiger charge is -2.36. The molecule has 2 heterocycles. The molecule has 28 heavy (non-hydrogen) atoms. The van der Waals surface area contributed by atoms with Crippen LogP contribution in [0.25, 0.3) is 0 Å². The second-order valence-electron chi connectivity index (χ2n) is 9.53. The van der Waals surface area contributed by atoms with Crippen LogP contribution in [0, 0.1) is 17.8 Å². The summed E-state index contributed by atoms with van der Waals surface area (Å²) in [5.74, 6) is 3.85. The van der Waals surface area contributed by atoms with Crippen LogP contribution in [0.4, 0.5) is 0 Å². The first-order valence-electron chi connectivity index (χ1n) is 11.6. The van der Waals surface area contributed by atoms with Crippen molar-refractivity contribution >= 4 is 5.78 Å². The van der Waals surface area contributed by atoms with Crippen molar-refractivity contribution < 1.29 is 4.79 Å². The molecular weight excluding hydrogens is 346 g/mol. The summed E-state index contributed by atoms with van der Waals surface area (Å²) >= 11 is 0. The summed E-state index contributed by atoms with van der Waals surface area (Å²) in [6, 6.07) is 0. The number of hydrogen-bond donors (Lipinski definition) is 0. The number of likely N-dealkylation sites (tertiary alicyclic amines) is 1. The van der Waals surface area contributed by atoms with Gasteiger partial charge in [0.05, 0.1) is 0 Å². The lowest BCUT2D eigenvalue weighted by Crippen LogP contribution is -2.38. The minimum Gasteiger partial charge on any atom is -0.303 e. The lowest BCUT2D eigenvalue weighted by molar-refractivity contribution is -0.127. The lowest BCUT2D eigenvalue weighted by atomic mass is 9.77. The molecular formula is C24H39N3O. The van der Waals surface area contributed by atoms with Gasteiger partial charge in [-0.3, -0.25) is 4.79 Å². The Kier molecular flexibility index (Phi) is 7.62. The standard InChI is InChI=1S/C24H39N3O/c1-5-18(4)23(28)21-8-6-19(7-9-21)16-27-12-10-20(11-13-27)22-14-25-24(17(2)3)26-15-22/h14-15,17-21H,5-13,16H2,1-4H3. The van der Waals surface area contributed by atoms with Gasteiger partial charge in [0.2, 0.25) is 0 Å². The van der Waals surface area contributed by atoms with Crippen LogP contribution in [0.1, 0.15) is 95.9 Å². The molecule has 1 aliphatic carbocycles. The minimum absolute atomic E-state index is 0.249. The van der Waals surface area contributed by atoms with E-state index in [2.05, 4.69) is 55.0 Å². The highest BCUT2D eigenvalue weighted by molar-refractivity contribution is 5.83. The molecule has 1 aliphatic heterocycles. The maximum Gasteiger partial charge on any atom is 0.138 e. The first kappa shape index (κ1) is 21.4. The molecule has 3 rings (SSSR count). The Balaban J connectivity index is 1.41. The third kappa shape index (κ3) is 5.40. The Morgan fingerprint density at radius 2 is 1.64 bits per heavy atom. The van der Waals surface area contributed by atoms with Crippen LogP contribution in [-0.4, -0.2) is 40.3 Å². The fourth-order valence-corrected chi connectivity index (χ4v) is 4.90. The number of carbonyl (C=O) groups excluding carboxylic acids is 1. The molecule has 0 N–H and O–H groups in total. The van der Waals surface area contributed by atoms with Crippen molar-refractivity contribution in [2.75, 3.05) is 19.6 Å². The molecule has 0 radical (unpaired) electrons. The van der Waals surface area contributed by atoms with Crippen molar-refractivity contribution in [3.05, 3.63) is 23.8 Å². The van der Waals surface area contributed by atoms with E-state index in [1.807, 2.05) is 0 Å². The Morgan fingerprint density at radius 3 is 2.18 bits per heavy atom. The summed E-state index contributed by atoms with van der Waals surface area (Å²) in [5.41, 5.74) is 1.31. The van der Waals surface area contributed by atoms with Crippen LogP contribution >= 0.6 is 0 Å². The maximum atomic E-state index is 12.4. The average Bonchev–Trinajstić information content (AvgIpc) is 2.74. The second-order valence-corrected chi connectivity index (χ2v) is 9.53. The van der Waals surface area contributed by atoms with Crippen molar-refractivity contribution in [1.29, 1.82) is 0 Å². The van der Waals surface area contributed by atoms with Gasteiger partial charge in [-0.15, -0.1) is 0 Å². The second kappa shape index (κ2) is 9.96. The van der Waals surface area contributed by atoms with E-state index in [0.29, 0.717) is 23.5 Å². The largest absolute Gasteiger partial charge is 0.303 e. The van der Waals surface area contributed by atoms with E-state index < -0.39 is 0 Å². The highest BCUT2D eigenvalue weighted by Crippen LogP contribution is 2.33. The zero-order valence-electron chi connectivity index (χ0n) is 18.4. The predicted molar refractivity (Wildman–Crippen MR) is 114 cm³/mol. The SMILES string of the molecule is CCC(C)C(=O)C1CCC(CN2CCC(c3cnc(C(C)C)nc3)CC2)CC1. The van der Waals surface area contributed by atoms with Gasteiger partial charge in [0.15, 0.2) is 0 Å². The Bertz CT molecular complexity index is 611. The molecule has 4 heteroatoms. The quantitative estimate of drug-likeness (QED) is 0.647. The van der Waals surface area contributed by atoms with Crippen LogP contribution in [0.5, 0.6) is 0 Å². The van der Waals surface area contributed by atoms with Crippen LogP contribution in [-0.2, 0) is 4.79 Å². The van der Waals surface area contributed by atoms with E-state index >= 15 is 0 Å². The van der Waals surface area contributed by atoms with Crippen molar-refractivity contribution in [2.45, 2.75) is 84.5 Å². The molecule has 0 spiro atoms. The fraction of sp³-hybridized carbons (Fsp3) is 0.792. The monoisotopic (exact) mass is 385 g/mol. The summed E-state index contributed by atoms with van der Waals surface area (Å²) in [5, 5.41) is 0. The predicted octanol–water partition coefficient (Wildman–Crippen LogP) is 5.20. The third-order valence-electron chi connectivity index (χ3n) is 7.13. The van der Waals surface area contributed by atoms with Gasteiger partial charge >= 0.3 is 0 Å². The summed E-state index contributed by atoms with van der Waals surface area (Å²) in [4.78, 5) is 24.2. The van der Waals surface area contributed by atoms with E-state index in [9.17, 15) is 4.79 Å². The molecule has 0 amide bonds. The number of nitrogens with zero attached hydrogens (tertiary/aromatic N) is 3. The van der Waals surface area contributed by atoms with E-state index in [0.717, 1.165) is 31.0 Å². The molecule has 2 aliphatic rings. The van der Waals surface area contributed by atoms with Gasteiger partial charge in [-0.2, -0.15) is 0 Å². The Hall–Kier alpha value is -1.29. The smallest absolute Gasteiger partial charge is 0.138 e.